The molecule has 0 aliphatic rings. The lowest BCUT2D eigenvalue weighted by Crippen LogP contribution is -2.08. The van der Waals surface area contributed by atoms with Crippen molar-refractivity contribution in [2.45, 2.75) is 13.5 Å². The quantitative estimate of drug-likeness (QED) is 0.850. The second-order valence-electron chi connectivity index (χ2n) is 4.37. The number of hydrogen-bond donors (Lipinski definition) is 1. The molecular formula is C15H17N3O3. The Morgan fingerprint density at radius 3 is 2.67 bits per heavy atom. The van der Waals surface area contributed by atoms with Gasteiger partial charge in [0.25, 0.3) is 0 Å². The molecule has 0 radical (unpaired) electrons. The third kappa shape index (κ3) is 3.68. The topological polar surface area (TPSA) is 73.3 Å². The van der Waals surface area contributed by atoms with Crippen molar-refractivity contribution in [2.75, 3.05) is 19.5 Å². The first-order chi connectivity index (χ1) is 10.1. The lowest BCUT2D eigenvalue weighted by molar-refractivity contribution is 0.0596. The van der Waals surface area contributed by atoms with Crippen LogP contribution in [-0.4, -0.2) is 30.2 Å². The van der Waals surface area contributed by atoms with Crippen molar-refractivity contribution in [2.24, 2.45) is 0 Å². The molecule has 6 nitrogen and oxygen atoms in total. The standard InChI is InChI=1S/C15H17N3O3/c1-10-5-4-6-11(17-10)9-16-13-8-7-12(15(19)21-3)14(18-13)20-2/h4-8H,9H2,1-3H3,(H,16,18). The van der Waals surface area contributed by atoms with E-state index in [2.05, 4.69) is 20.0 Å². The van der Waals surface area contributed by atoms with Gasteiger partial charge in [0.1, 0.15) is 11.4 Å². The molecule has 0 aromatic carbocycles. The summed E-state index contributed by atoms with van der Waals surface area (Å²) in [6, 6.07) is 9.14. The van der Waals surface area contributed by atoms with Crippen molar-refractivity contribution in [3.8, 4) is 5.88 Å². The molecule has 0 spiro atoms. The summed E-state index contributed by atoms with van der Waals surface area (Å²) < 4.78 is 9.78. The number of rotatable bonds is 5. The summed E-state index contributed by atoms with van der Waals surface area (Å²) in [6.45, 7) is 2.48. The maximum Gasteiger partial charge on any atom is 0.343 e. The fourth-order valence-corrected chi connectivity index (χ4v) is 1.84. The fraction of sp³-hybridized carbons (Fsp3) is 0.267. The van der Waals surface area contributed by atoms with E-state index >= 15 is 0 Å². The van der Waals surface area contributed by atoms with Gasteiger partial charge in [-0.05, 0) is 31.2 Å². The average Bonchev–Trinajstić information content (AvgIpc) is 2.52. The number of carbonyl (C=O) groups excluding carboxylic acids is 1. The zero-order valence-electron chi connectivity index (χ0n) is 12.2. The third-order valence-electron chi connectivity index (χ3n) is 2.86. The first-order valence-corrected chi connectivity index (χ1v) is 6.44. The Kier molecular flexibility index (Phi) is 4.71. The molecule has 0 unspecified atom stereocenters. The van der Waals surface area contributed by atoms with Crippen LogP contribution in [0.5, 0.6) is 5.88 Å². The van der Waals surface area contributed by atoms with Crippen molar-refractivity contribution in [1.29, 1.82) is 0 Å². The van der Waals surface area contributed by atoms with Gasteiger partial charge in [0.05, 0.1) is 26.5 Å². The molecule has 2 aromatic heterocycles. The smallest absolute Gasteiger partial charge is 0.343 e. The van der Waals surface area contributed by atoms with Crippen LogP contribution in [0.4, 0.5) is 5.82 Å². The second-order valence-corrected chi connectivity index (χ2v) is 4.37. The molecule has 0 fully saturated rings. The highest BCUT2D eigenvalue weighted by atomic mass is 16.5. The third-order valence-corrected chi connectivity index (χ3v) is 2.86. The second kappa shape index (κ2) is 6.69. The molecule has 2 heterocycles. The van der Waals surface area contributed by atoms with Crippen molar-refractivity contribution < 1.29 is 14.3 Å². The number of nitrogens with one attached hydrogen (secondary N) is 1. The number of ether oxygens (including phenoxy) is 2. The molecule has 0 saturated carbocycles. The van der Waals surface area contributed by atoms with E-state index in [1.165, 1.54) is 14.2 Å². The molecule has 6 heteroatoms. The van der Waals surface area contributed by atoms with Gasteiger partial charge in [0, 0.05) is 5.69 Å². The molecule has 2 rings (SSSR count). The van der Waals surface area contributed by atoms with E-state index in [1.807, 2.05) is 25.1 Å². The molecule has 110 valence electrons. The van der Waals surface area contributed by atoms with Crippen LogP contribution in [0.25, 0.3) is 0 Å². The summed E-state index contributed by atoms with van der Waals surface area (Å²) in [5.41, 5.74) is 2.16. The van der Waals surface area contributed by atoms with Crippen LogP contribution in [0.15, 0.2) is 30.3 Å². The highest BCUT2D eigenvalue weighted by Gasteiger charge is 2.14. The number of anilines is 1. The number of nitrogens with zero attached hydrogens (tertiary/aromatic N) is 2. The van der Waals surface area contributed by atoms with Crippen molar-refractivity contribution in [1.82, 2.24) is 9.97 Å². The summed E-state index contributed by atoms with van der Waals surface area (Å²) in [7, 11) is 2.78. The Morgan fingerprint density at radius 2 is 2.00 bits per heavy atom. The minimum atomic E-state index is -0.480. The molecule has 0 aliphatic heterocycles. The molecule has 0 saturated heterocycles. The van der Waals surface area contributed by atoms with Gasteiger partial charge in [-0.3, -0.25) is 4.98 Å². The lowest BCUT2D eigenvalue weighted by atomic mass is 10.2. The van der Waals surface area contributed by atoms with Gasteiger partial charge in [-0.1, -0.05) is 6.07 Å². The van der Waals surface area contributed by atoms with Gasteiger partial charge in [-0.2, -0.15) is 4.98 Å². The number of esters is 1. The Balaban J connectivity index is 2.12. The number of carbonyl (C=O) groups is 1. The predicted octanol–water partition coefficient (Wildman–Crippen LogP) is 2.19. The van der Waals surface area contributed by atoms with Gasteiger partial charge in [0.15, 0.2) is 0 Å². The van der Waals surface area contributed by atoms with Crippen LogP contribution >= 0.6 is 0 Å². The van der Waals surface area contributed by atoms with Gasteiger partial charge < -0.3 is 14.8 Å². The maximum absolute atomic E-state index is 11.5. The Morgan fingerprint density at radius 1 is 1.19 bits per heavy atom. The fourth-order valence-electron chi connectivity index (χ4n) is 1.84. The Hall–Kier alpha value is -2.63. The number of hydrogen-bond acceptors (Lipinski definition) is 6. The van der Waals surface area contributed by atoms with Crippen LogP contribution in [0, 0.1) is 6.92 Å². The highest BCUT2D eigenvalue weighted by molar-refractivity contribution is 5.92. The normalized spacial score (nSPS) is 10.0. The zero-order valence-corrected chi connectivity index (χ0v) is 12.2. The predicted molar refractivity (Wildman–Crippen MR) is 78.4 cm³/mol. The molecule has 2 aromatic rings. The summed E-state index contributed by atoms with van der Waals surface area (Å²) in [6.07, 6.45) is 0. The van der Waals surface area contributed by atoms with Crippen LogP contribution in [0.1, 0.15) is 21.7 Å². The minimum absolute atomic E-state index is 0.226. The molecule has 1 N–H and O–H groups in total. The van der Waals surface area contributed by atoms with Crippen LogP contribution in [0.3, 0.4) is 0 Å². The van der Waals surface area contributed by atoms with Gasteiger partial charge >= 0.3 is 5.97 Å². The number of aromatic nitrogens is 2. The molecule has 0 aliphatic carbocycles. The van der Waals surface area contributed by atoms with E-state index in [9.17, 15) is 4.79 Å². The van der Waals surface area contributed by atoms with E-state index < -0.39 is 5.97 Å². The maximum atomic E-state index is 11.5. The minimum Gasteiger partial charge on any atom is -0.480 e. The lowest BCUT2D eigenvalue weighted by Gasteiger charge is -2.10. The molecule has 0 bridgehead atoms. The molecule has 0 amide bonds. The summed E-state index contributed by atoms with van der Waals surface area (Å²) in [5.74, 6) is 0.345. The van der Waals surface area contributed by atoms with E-state index in [0.717, 1.165) is 11.4 Å². The average molecular weight is 287 g/mol. The first-order valence-electron chi connectivity index (χ1n) is 6.44. The number of aryl methyl sites for hydroxylation is 1. The van der Waals surface area contributed by atoms with Crippen molar-refractivity contribution in [3.05, 3.63) is 47.3 Å². The van der Waals surface area contributed by atoms with E-state index in [0.29, 0.717) is 17.9 Å². The monoisotopic (exact) mass is 287 g/mol. The molecule has 0 atom stereocenters. The first kappa shape index (κ1) is 14.8. The zero-order chi connectivity index (χ0) is 15.2. The largest absolute Gasteiger partial charge is 0.480 e. The Bertz CT molecular complexity index is 644. The molecule has 21 heavy (non-hydrogen) atoms. The van der Waals surface area contributed by atoms with Crippen LogP contribution < -0.4 is 10.1 Å². The number of pyridine rings is 2. The summed E-state index contributed by atoms with van der Waals surface area (Å²) in [4.78, 5) is 20.2. The van der Waals surface area contributed by atoms with Gasteiger partial charge in [-0.15, -0.1) is 0 Å². The summed E-state index contributed by atoms with van der Waals surface area (Å²) >= 11 is 0. The van der Waals surface area contributed by atoms with E-state index in [4.69, 9.17) is 4.74 Å². The summed E-state index contributed by atoms with van der Waals surface area (Å²) in [5, 5.41) is 3.14. The Labute approximate surface area is 123 Å². The molecular weight excluding hydrogens is 270 g/mol. The van der Waals surface area contributed by atoms with Gasteiger partial charge in [-0.25, -0.2) is 4.79 Å². The van der Waals surface area contributed by atoms with Crippen LogP contribution in [0.2, 0.25) is 0 Å². The van der Waals surface area contributed by atoms with E-state index in [-0.39, 0.29) is 5.88 Å². The van der Waals surface area contributed by atoms with E-state index in [1.54, 1.807) is 12.1 Å². The van der Waals surface area contributed by atoms with Crippen molar-refractivity contribution in [3.63, 3.8) is 0 Å². The number of methoxy groups -OCH3 is 2. The van der Waals surface area contributed by atoms with Gasteiger partial charge in [0.2, 0.25) is 5.88 Å². The van der Waals surface area contributed by atoms with Crippen LogP contribution in [-0.2, 0) is 11.3 Å². The van der Waals surface area contributed by atoms with Crippen molar-refractivity contribution >= 4 is 11.8 Å². The SMILES string of the molecule is COC(=O)c1ccc(NCc2cccc(C)n2)nc1OC. The highest BCUT2D eigenvalue weighted by Crippen LogP contribution is 2.19.